The van der Waals surface area contributed by atoms with Gasteiger partial charge in [-0.3, -0.25) is 9.59 Å². The minimum atomic E-state index is -0.813. The molecule has 0 aliphatic rings. The van der Waals surface area contributed by atoms with Gasteiger partial charge in [-0.15, -0.1) is 0 Å². The largest absolute Gasteiger partial charge is 0.484 e. The van der Waals surface area contributed by atoms with E-state index < -0.39 is 5.97 Å². The number of amides is 1. The molecular formula is C23H22INO4. The van der Waals surface area contributed by atoms with Gasteiger partial charge in [0.05, 0.1) is 0 Å². The summed E-state index contributed by atoms with van der Waals surface area (Å²) in [5.41, 5.74) is 3.81. The maximum atomic E-state index is 12.3. The average molecular weight is 503 g/mol. The number of carbonyl (C=O) groups excluding carboxylic acids is 1. The van der Waals surface area contributed by atoms with Crippen LogP contribution in [0, 0.1) is 17.4 Å². The number of rotatable bonds is 7. The molecule has 2 N–H and O–H groups in total. The zero-order valence-corrected chi connectivity index (χ0v) is 18.4. The first-order valence-electron chi connectivity index (χ1n) is 9.26. The van der Waals surface area contributed by atoms with Crippen LogP contribution in [-0.4, -0.2) is 23.6 Å². The van der Waals surface area contributed by atoms with Gasteiger partial charge in [-0.1, -0.05) is 24.3 Å². The van der Waals surface area contributed by atoms with Crippen molar-refractivity contribution in [1.82, 2.24) is 0 Å². The molecule has 3 aromatic carbocycles. The second kappa shape index (κ2) is 9.26. The van der Waals surface area contributed by atoms with E-state index in [2.05, 4.69) is 27.9 Å². The number of halogens is 1. The molecule has 0 aliphatic carbocycles. The van der Waals surface area contributed by atoms with E-state index in [1.807, 2.05) is 62.4 Å². The topological polar surface area (TPSA) is 75.6 Å². The Morgan fingerprint density at radius 3 is 2.38 bits per heavy atom. The number of fused-ring (bicyclic) bond motifs is 1. The number of carboxylic acids is 1. The number of hydrogen-bond donors (Lipinski definition) is 2. The summed E-state index contributed by atoms with van der Waals surface area (Å²) in [6.45, 7) is 3.85. The van der Waals surface area contributed by atoms with Crippen molar-refractivity contribution in [2.45, 2.75) is 26.7 Å². The molecule has 0 saturated heterocycles. The molecule has 0 saturated carbocycles. The summed E-state index contributed by atoms with van der Waals surface area (Å²) in [5, 5.41) is 13.8. The Kier molecular flexibility index (Phi) is 6.74. The monoisotopic (exact) mass is 503 g/mol. The minimum absolute atomic E-state index is 0.0882. The lowest BCUT2D eigenvalue weighted by atomic mass is 10.0. The van der Waals surface area contributed by atoms with Crippen molar-refractivity contribution in [3.8, 4) is 5.75 Å². The van der Waals surface area contributed by atoms with Crippen molar-refractivity contribution in [2.75, 3.05) is 11.9 Å². The van der Waals surface area contributed by atoms with E-state index in [9.17, 15) is 9.59 Å². The van der Waals surface area contributed by atoms with Crippen LogP contribution in [0.15, 0.2) is 48.5 Å². The highest BCUT2D eigenvalue weighted by molar-refractivity contribution is 14.1. The maximum absolute atomic E-state index is 12.3. The number of hydrogen-bond acceptors (Lipinski definition) is 3. The first-order valence-corrected chi connectivity index (χ1v) is 10.3. The Bertz CT molecular complexity index is 1050. The Morgan fingerprint density at radius 2 is 1.69 bits per heavy atom. The van der Waals surface area contributed by atoms with Gasteiger partial charge in [-0.05, 0) is 94.6 Å². The van der Waals surface area contributed by atoms with E-state index >= 15 is 0 Å². The Labute approximate surface area is 183 Å². The highest BCUT2D eigenvalue weighted by Gasteiger charge is 2.10. The molecular weight excluding hydrogens is 481 g/mol. The van der Waals surface area contributed by atoms with Crippen LogP contribution < -0.4 is 10.1 Å². The Morgan fingerprint density at radius 1 is 1.00 bits per heavy atom. The van der Waals surface area contributed by atoms with E-state index in [-0.39, 0.29) is 18.9 Å². The number of carboxylic acid groups (broad SMARTS) is 1. The number of benzene rings is 3. The summed E-state index contributed by atoms with van der Waals surface area (Å²) in [6, 6.07) is 15.5. The van der Waals surface area contributed by atoms with Crippen molar-refractivity contribution in [3.05, 3.63) is 68.8 Å². The fourth-order valence-corrected chi connectivity index (χ4v) is 4.14. The third-order valence-corrected chi connectivity index (χ3v) is 5.26. The molecule has 0 spiro atoms. The zero-order valence-electron chi connectivity index (χ0n) is 16.3. The minimum Gasteiger partial charge on any atom is -0.484 e. The molecule has 0 radical (unpaired) electrons. The normalized spacial score (nSPS) is 10.7. The molecule has 1 amide bonds. The van der Waals surface area contributed by atoms with E-state index in [1.165, 1.54) is 0 Å². The van der Waals surface area contributed by atoms with Crippen LogP contribution in [0.4, 0.5) is 5.69 Å². The highest BCUT2D eigenvalue weighted by Crippen LogP contribution is 2.24. The standard InChI is InChI=1S/C23H22INO4/c1-14-9-19(24)10-15(2)23(14)25-21(26)13-29-20-7-6-17-5-3-16(4-8-22(27)28)11-18(17)12-20/h3,5-7,9-12H,4,8,13H2,1-2H3,(H,25,26)(H,27,28). The average Bonchev–Trinajstić information content (AvgIpc) is 2.67. The maximum Gasteiger partial charge on any atom is 0.303 e. The molecule has 29 heavy (non-hydrogen) atoms. The van der Waals surface area contributed by atoms with Gasteiger partial charge in [0.1, 0.15) is 5.75 Å². The molecule has 0 unspecified atom stereocenters. The summed E-state index contributed by atoms with van der Waals surface area (Å²) in [6.07, 6.45) is 0.576. The molecule has 3 rings (SSSR count). The number of aryl methyl sites for hydroxylation is 3. The van der Waals surface area contributed by atoms with Crippen LogP contribution in [0.2, 0.25) is 0 Å². The van der Waals surface area contributed by atoms with Crippen molar-refractivity contribution >= 4 is 50.9 Å². The van der Waals surface area contributed by atoms with Gasteiger partial charge in [0.2, 0.25) is 0 Å². The van der Waals surface area contributed by atoms with E-state index in [4.69, 9.17) is 9.84 Å². The quantitative estimate of drug-likeness (QED) is 0.441. The number of nitrogens with one attached hydrogen (secondary N) is 1. The second-order valence-corrected chi connectivity index (χ2v) is 8.23. The molecule has 0 atom stereocenters. The molecule has 6 heteroatoms. The van der Waals surface area contributed by atoms with Crippen molar-refractivity contribution in [2.24, 2.45) is 0 Å². The molecule has 5 nitrogen and oxygen atoms in total. The van der Waals surface area contributed by atoms with Crippen molar-refractivity contribution < 1.29 is 19.4 Å². The van der Waals surface area contributed by atoms with Gasteiger partial charge in [-0.2, -0.15) is 0 Å². The van der Waals surface area contributed by atoms with Crippen LogP contribution in [-0.2, 0) is 16.0 Å². The van der Waals surface area contributed by atoms with Gasteiger partial charge in [0.15, 0.2) is 6.61 Å². The van der Waals surface area contributed by atoms with Crippen molar-refractivity contribution in [3.63, 3.8) is 0 Å². The summed E-state index contributed by atoms with van der Waals surface area (Å²) in [4.78, 5) is 23.1. The first-order chi connectivity index (χ1) is 13.8. The number of carbonyl (C=O) groups is 2. The fourth-order valence-electron chi connectivity index (χ4n) is 3.20. The van der Waals surface area contributed by atoms with Gasteiger partial charge in [-0.25, -0.2) is 0 Å². The van der Waals surface area contributed by atoms with Crippen LogP contribution in [0.25, 0.3) is 10.8 Å². The third kappa shape index (κ3) is 5.69. The lowest BCUT2D eigenvalue weighted by molar-refractivity contribution is -0.137. The molecule has 0 bridgehead atoms. The number of aliphatic carboxylic acids is 1. The second-order valence-electron chi connectivity index (χ2n) is 6.99. The predicted molar refractivity (Wildman–Crippen MR) is 123 cm³/mol. The van der Waals surface area contributed by atoms with Crippen molar-refractivity contribution in [1.29, 1.82) is 0 Å². The lowest BCUT2D eigenvalue weighted by Crippen LogP contribution is -2.21. The molecule has 0 fully saturated rings. The van der Waals surface area contributed by atoms with Gasteiger partial charge in [0.25, 0.3) is 5.91 Å². The van der Waals surface area contributed by atoms with E-state index in [0.717, 1.165) is 36.7 Å². The van der Waals surface area contributed by atoms with Gasteiger partial charge >= 0.3 is 5.97 Å². The van der Waals surface area contributed by atoms with Gasteiger partial charge in [0, 0.05) is 15.7 Å². The smallest absolute Gasteiger partial charge is 0.303 e. The first kappa shape index (κ1) is 21.1. The highest BCUT2D eigenvalue weighted by atomic mass is 127. The molecule has 0 aliphatic heterocycles. The Balaban J connectivity index is 1.66. The van der Waals surface area contributed by atoms with E-state index in [1.54, 1.807) is 0 Å². The van der Waals surface area contributed by atoms with Crippen LogP contribution in [0.5, 0.6) is 5.75 Å². The van der Waals surface area contributed by atoms with Crippen LogP contribution >= 0.6 is 22.6 Å². The van der Waals surface area contributed by atoms with E-state index in [0.29, 0.717) is 12.2 Å². The summed E-state index contributed by atoms with van der Waals surface area (Å²) in [7, 11) is 0. The number of anilines is 1. The molecule has 3 aromatic rings. The number of ether oxygens (including phenoxy) is 1. The molecule has 0 heterocycles. The SMILES string of the molecule is Cc1cc(I)cc(C)c1NC(=O)COc1ccc2ccc(CCC(=O)O)cc2c1. The lowest BCUT2D eigenvalue weighted by Gasteiger charge is -2.13. The van der Waals surface area contributed by atoms with Crippen LogP contribution in [0.1, 0.15) is 23.1 Å². The fraction of sp³-hybridized carbons (Fsp3) is 0.217. The predicted octanol–water partition coefficient (Wildman–Crippen LogP) is 5.10. The van der Waals surface area contributed by atoms with Gasteiger partial charge < -0.3 is 15.2 Å². The molecule has 0 aromatic heterocycles. The Hall–Kier alpha value is -2.61. The summed E-state index contributed by atoms with van der Waals surface area (Å²) < 4.78 is 6.81. The third-order valence-electron chi connectivity index (χ3n) is 4.64. The zero-order chi connectivity index (χ0) is 21.0. The summed E-state index contributed by atoms with van der Waals surface area (Å²) >= 11 is 2.26. The molecule has 150 valence electrons. The van der Waals surface area contributed by atoms with Crippen LogP contribution in [0.3, 0.4) is 0 Å². The summed E-state index contributed by atoms with van der Waals surface area (Å²) in [5.74, 6) is -0.432.